The molecule has 72 valence electrons. The van der Waals surface area contributed by atoms with Crippen molar-refractivity contribution >= 4 is 11.6 Å². The quantitative estimate of drug-likeness (QED) is 0.775. The van der Waals surface area contributed by atoms with Gasteiger partial charge in [0.05, 0.1) is 0 Å². The summed E-state index contributed by atoms with van der Waals surface area (Å²) in [6, 6.07) is 4.00. The van der Waals surface area contributed by atoms with E-state index in [9.17, 15) is 0 Å². The average molecular weight is 198 g/mol. The van der Waals surface area contributed by atoms with E-state index in [1.807, 2.05) is 6.07 Å². The Morgan fingerprint density at radius 3 is 2.54 bits per heavy atom. The fourth-order valence-electron chi connectivity index (χ4n) is 1.71. The lowest BCUT2D eigenvalue weighted by molar-refractivity contribution is 0.761. The van der Waals surface area contributed by atoms with Crippen LogP contribution in [0.2, 0.25) is 5.02 Å². The molecule has 0 radical (unpaired) electrons. The molecule has 0 heterocycles. The number of rotatable bonds is 2. The maximum absolute atomic E-state index is 6.05. The van der Waals surface area contributed by atoms with Gasteiger partial charge in [-0.15, -0.1) is 0 Å². The van der Waals surface area contributed by atoms with E-state index in [4.69, 9.17) is 17.3 Å². The zero-order valence-electron chi connectivity index (χ0n) is 8.39. The van der Waals surface area contributed by atoms with Crippen molar-refractivity contribution < 1.29 is 0 Å². The topological polar surface area (TPSA) is 26.0 Å². The van der Waals surface area contributed by atoms with E-state index in [2.05, 4.69) is 26.8 Å². The van der Waals surface area contributed by atoms with Crippen LogP contribution in [-0.2, 0) is 0 Å². The molecule has 1 atom stereocenters. The molecule has 0 saturated carbocycles. The van der Waals surface area contributed by atoms with Gasteiger partial charge in [-0.25, -0.2) is 0 Å². The summed E-state index contributed by atoms with van der Waals surface area (Å²) >= 11 is 6.05. The Kier molecular flexibility index (Phi) is 3.34. The minimum absolute atomic E-state index is 0.388. The zero-order valence-corrected chi connectivity index (χ0v) is 9.15. The molecule has 1 aromatic carbocycles. The highest BCUT2D eigenvalue weighted by Crippen LogP contribution is 2.27. The van der Waals surface area contributed by atoms with Crippen LogP contribution in [0.5, 0.6) is 0 Å². The molecule has 1 aromatic rings. The molecule has 2 N–H and O–H groups in total. The molecule has 0 spiro atoms. The van der Waals surface area contributed by atoms with Crippen molar-refractivity contribution in [2.45, 2.75) is 26.7 Å². The molecule has 0 aliphatic heterocycles. The summed E-state index contributed by atoms with van der Waals surface area (Å²) in [7, 11) is 0. The number of benzene rings is 1. The van der Waals surface area contributed by atoms with E-state index in [1.54, 1.807) is 0 Å². The number of aryl methyl sites for hydroxylation is 1. The minimum Gasteiger partial charge on any atom is -0.330 e. The first-order valence-corrected chi connectivity index (χ1v) is 4.91. The normalized spacial score (nSPS) is 13.0. The van der Waals surface area contributed by atoms with Gasteiger partial charge in [0.1, 0.15) is 0 Å². The largest absolute Gasteiger partial charge is 0.330 e. The minimum atomic E-state index is 0.388. The van der Waals surface area contributed by atoms with E-state index in [0.29, 0.717) is 12.5 Å². The third-order valence-corrected chi connectivity index (χ3v) is 2.92. The van der Waals surface area contributed by atoms with E-state index in [-0.39, 0.29) is 0 Å². The maximum Gasteiger partial charge on any atom is 0.0438 e. The lowest BCUT2D eigenvalue weighted by atomic mass is 9.92. The predicted octanol–water partition coefficient (Wildman–Crippen LogP) is 3.02. The smallest absolute Gasteiger partial charge is 0.0438 e. The Morgan fingerprint density at radius 1 is 1.38 bits per heavy atom. The zero-order chi connectivity index (χ0) is 10.0. The molecule has 1 rings (SSSR count). The lowest BCUT2D eigenvalue weighted by Gasteiger charge is -2.16. The first-order chi connectivity index (χ1) is 6.07. The first kappa shape index (κ1) is 10.6. The van der Waals surface area contributed by atoms with Gasteiger partial charge >= 0.3 is 0 Å². The summed E-state index contributed by atoms with van der Waals surface area (Å²) in [4.78, 5) is 0. The lowest BCUT2D eigenvalue weighted by Crippen LogP contribution is -2.11. The second-order valence-corrected chi connectivity index (χ2v) is 3.95. The fraction of sp³-hybridized carbons (Fsp3) is 0.455. The number of hydrogen-bond donors (Lipinski definition) is 1. The molecule has 0 amide bonds. The Balaban J connectivity index is 3.25. The highest BCUT2D eigenvalue weighted by molar-refractivity contribution is 6.31. The number of halogens is 1. The molecular formula is C11H16ClN. The van der Waals surface area contributed by atoms with E-state index in [1.165, 1.54) is 16.7 Å². The van der Waals surface area contributed by atoms with Crippen molar-refractivity contribution in [2.75, 3.05) is 6.54 Å². The van der Waals surface area contributed by atoms with Crippen LogP contribution >= 0.6 is 11.6 Å². The Labute approximate surface area is 84.9 Å². The molecule has 2 heteroatoms. The summed E-state index contributed by atoms with van der Waals surface area (Å²) in [5.41, 5.74) is 9.39. The third kappa shape index (κ3) is 2.04. The first-order valence-electron chi connectivity index (χ1n) is 4.53. The monoisotopic (exact) mass is 197 g/mol. The molecule has 1 nitrogen and oxygen atoms in total. The molecule has 0 fully saturated rings. The molecule has 0 bridgehead atoms. The fourth-order valence-corrected chi connectivity index (χ4v) is 1.88. The van der Waals surface area contributed by atoms with Gasteiger partial charge in [-0.1, -0.05) is 24.6 Å². The summed E-state index contributed by atoms with van der Waals surface area (Å²) in [6.07, 6.45) is 0. The average Bonchev–Trinajstić information content (AvgIpc) is 2.12. The van der Waals surface area contributed by atoms with Gasteiger partial charge in [0, 0.05) is 5.02 Å². The van der Waals surface area contributed by atoms with Crippen molar-refractivity contribution in [3.63, 3.8) is 0 Å². The van der Waals surface area contributed by atoms with Crippen LogP contribution in [0.15, 0.2) is 12.1 Å². The van der Waals surface area contributed by atoms with E-state index in [0.717, 1.165) is 5.02 Å². The third-order valence-electron chi connectivity index (χ3n) is 2.51. The highest BCUT2D eigenvalue weighted by atomic mass is 35.5. The number of nitrogens with two attached hydrogens (primary N) is 1. The van der Waals surface area contributed by atoms with Crippen molar-refractivity contribution in [3.8, 4) is 0 Å². The molecule has 0 saturated heterocycles. The maximum atomic E-state index is 6.05. The summed E-state index contributed by atoms with van der Waals surface area (Å²) < 4.78 is 0. The van der Waals surface area contributed by atoms with Crippen LogP contribution < -0.4 is 5.73 Å². The molecular weight excluding hydrogens is 182 g/mol. The summed E-state index contributed by atoms with van der Waals surface area (Å²) in [5, 5.41) is 0.834. The van der Waals surface area contributed by atoms with Gasteiger partial charge in [-0.05, 0) is 49.1 Å². The van der Waals surface area contributed by atoms with Gasteiger partial charge in [-0.3, -0.25) is 0 Å². The second-order valence-electron chi connectivity index (χ2n) is 3.54. The van der Waals surface area contributed by atoms with Crippen LogP contribution in [0.4, 0.5) is 0 Å². The van der Waals surface area contributed by atoms with Crippen LogP contribution in [0, 0.1) is 13.8 Å². The predicted molar refractivity (Wildman–Crippen MR) is 58.4 cm³/mol. The van der Waals surface area contributed by atoms with Crippen LogP contribution in [0.3, 0.4) is 0 Å². The van der Waals surface area contributed by atoms with Crippen LogP contribution in [0.25, 0.3) is 0 Å². The summed E-state index contributed by atoms with van der Waals surface area (Å²) in [5.74, 6) is 0.388. The van der Waals surface area contributed by atoms with Crippen molar-refractivity contribution in [3.05, 3.63) is 33.8 Å². The number of hydrogen-bond acceptors (Lipinski definition) is 1. The Morgan fingerprint density at radius 2 is 2.00 bits per heavy atom. The van der Waals surface area contributed by atoms with Gasteiger partial charge in [0.25, 0.3) is 0 Å². The molecule has 1 unspecified atom stereocenters. The standard InChI is InChI=1S/C11H16ClN/c1-7-4-5-10(12)9(3)11(7)8(2)6-13/h4-5,8H,6,13H2,1-3H3. The molecule has 0 aliphatic rings. The summed E-state index contributed by atoms with van der Waals surface area (Å²) in [6.45, 7) is 6.95. The van der Waals surface area contributed by atoms with Gasteiger partial charge < -0.3 is 5.73 Å². The van der Waals surface area contributed by atoms with Crippen molar-refractivity contribution in [1.82, 2.24) is 0 Å². The van der Waals surface area contributed by atoms with E-state index >= 15 is 0 Å². The van der Waals surface area contributed by atoms with Gasteiger partial charge in [0.2, 0.25) is 0 Å². The van der Waals surface area contributed by atoms with Gasteiger partial charge in [0.15, 0.2) is 0 Å². The van der Waals surface area contributed by atoms with Crippen LogP contribution in [0.1, 0.15) is 29.5 Å². The SMILES string of the molecule is Cc1ccc(Cl)c(C)c1C(C)CN. The van der Waals surface area contributed by atoms with Crippen LogP contribution in [-0.4, -0.2) is 6.54 Å². The molecule has 0 aliphatic carbocycles. The Bertz CT molecular complexity index is 307. The molecule has 13 heavy (non-hydrogen) atoms. The van der Waals surface area contributed by atoms with Gasteiger partial charge in [-0.2, -0.15) is 0 Å². The second kappa shape index (κ2) is 4.12. The van der Waals surface area contributed by atoms with E-state index < -0.39 is 0 Å². The Hall–Kier alpha value is -0.530. The van der Waals surface area contributed by atoms with Crippen molar-refractivity contribution in [2.24, 2.45) is 5.73 Å². The molecule has 0 aromatic heterocycles. The van der Waals surface area contributed by atoms with Crippen molar-refractivity contribution in [1.29, 1.82) is 0 Å². The highest BCUT2D eigenvalue weighted by Gasteiger charge is 2.11.